The van der Waals surface area contributed by atoms with E-state index in [9.17, 15) is 4.79 Å². The zero-order valence-electron chi connectivity index (χ0n) is 16.4. The van der Waals surface area contributed by atoms with Crippen LogP contribution in [0.25, 0.3) is 16.9 Å². The van der Waals surface area contributed by atoms with E-state index >= 15 is 0 Å². The molecule has 0 bridgehead atoms. The summed E-state index contributed by atoms with van der Waals surface area (Å²) in [4.78, 5) is 17.3. The summed E-state index contributed by atoms with van der Waals surface area (Å²) in [7, 11) is 1.58. The summed E-state index contributed by atoms with van der Waals surface area (Å²) in [6.07, 6.45) is 2.60. The second-order valence-corrected chi connectivity index (χ2v) is 6.74. The Morgan fingerprint density at radius 1 is 1.07 bits per heavy atom. The van der Waals surface area contributed by atoms with Gasteiger partial charge in [0.2, 0.25) is 11.8 Å². The largest absolute Gasteiger partial charge is 0.480 e. The van der Waals surface area contributed by atoms with Gasteiger partial charge in [0.05, 0.1) is 24.9 Å². The molecule has 0 aliphatic carbocycles. The van der Waals surface area contributed by atoms with Gasteiger partial charge in [0.25, 0.3) is 0 Å². The van der Waals surface area contributed by atoms with Gasteiger partial charge in [0.1, 0.15) is 0 Å². The third-order valence-electron chi connectivity index (χ3n) is 4.88. The topological polar surface area (TPSA) is 68.5 Å². The molecule has 6 nitrogen and oxygen atoms in total. The number of carbonyl (C=O) groups is 1. The molecule has 29 heavy (non-hydrogen) atoms. The molecule has 2 heterocycles. The smallest absolute Gasteiger partial charge is 0.231 e. The van der Waals surface area contributed by atoms with Crippen LogP contribution in [0.3, 0.4) is 0 Å². The highest BCUT2D eigenvalue weighted by Crippen LogP contribution is 2.24. The molecule has 1 N–H and O–H groups in total. The average Bonchev–Trinajstić information content (AvgIpc) is 3.19. The molecule has 0 fully saturated rings. The van der Waals surface area contributed by atoms with E-state index < -0.39 is 0 Å². The van der Waals surface area contributed by atoms with E-state index in [1.54, 1.807) is 17.7 Å². The normalized spacial score (nSPS) is 11.9. The molecule has 0 aliphatic rings. The van der Waals surface area contributed by atoms with Crippen LogP contribution in [0.4, 0.5) is 5.69 Å². The maximum atomic E-state index is 12.7. The van der Waals surface area contributed by atoms with Crippen molar-refractivity contribution in [3.05, 3.63) is 78.5 Å². The van der Waals surface area contributed by atoms with Crippen LogP contribution >= 0.6 is 0 Å². The standard InChI is InChI=1S/C23H22N4O2/c1-3-19(16-7-5-4-6-8-16)23(28)24-18-11-9-17(10-12-18)20-15-27-21(25-20)13-14-22(26-27)29-2/h4-15,19H,3H2,1-2H3,(H,24,28)/t19-/m1/s1. The van der Waals surface area contributed by atoms with E-state index in [-0.39, 0.29) is 11.8 Å². The Kier molecular flexibility index (Phi) is 5.24. The Morgan fingerprint density at radius 2 is 1.83 bits per heavy atom. The minimum absolute atomic E-state index is 0.00419. The van der Waals surface area contributed by atoms with Crippen LogP contribution in [0.2, 0.25) is 0 Å². The highest BCUT2D eigenvalue weighted by Gasteiger charge is 2.18. The van der Waals surface area contributed by atoms with Crippen molar-refractivity contribution in [3.8, 4) is 17.1 Å². The first-order chi connectivity index (χ1) is 14.2. The number of benzene rings is 2. The lowest BCUT2D eigenvalue weighted by atomic mass is 9.95. The number of amides is 1. The first-order valence-electron chi connectivity index (χ1n) is 9.54. The molecule has 1 atom stereocenters. The number of rotatable bonds is 6. The number of carbonyl (C=O) groups excluding carboxylic acids is 1. The lowest BCUT2D eigenvalue weighted by Crippen LogP contribution is -2.20. The molecule has 0 unspecified atom stereocenters. The van der Waals surface area contributed by atoms with E-state index in [2.05, 4.69) is 15.4 Å². The van der Waals surface area contributed by atoms with Crippen molar-refractivity contribution in [3.63, 3.8) is 0 Å². The highest BCUT2D eigenvalue weighted by atomic mass is 16.5. The van der Waals surface area contributed by atoms with Crippen LogP contribution in [0, 0.1) is 0 Å². The van der Waals surface area contributed by atoms with Crippen molar-refractivity contribution in [2.24, 2.45) is 0 Å². The van der Waals surface area contributed by atoms with Gasteiger partial charge in [-0.25, -0.2) is 9.50 Å². The number of nitrogens with one attached hydrogen (secondary N) is 1. The van der Waals surface area contributed by atoms with Gasteiger partial charge >= 0.3 is 0 Å². The molecule has 4 aromatic rings. The van der Waals surface area contributed by atoms with E-state index in [1.807, 2.05) is 73.8 Å². The first-order valence-corrected chi connectivity index (χ1v) is 9.54. The number of aromatic nitrogens is 3. The molecular weight excluding hydrogens is 364 g/mol. The minimum atomic E-state index is -0.171. The van der Waals surface area contributed by atoms with E-state index in [0.717, 1.165) is 34.6 Å². The molecule has 0 aliphatic heterocycles. The van der Waals surface area contributed by atoms with Gasteiger partial charge in [-0.1, -0.05) is 49.4 Å². The van der Waals surface area contributed by atoms with E-state index in [1.165, 1.54) is 0 Å². The van der Waals surface area contributed by atoms with Crippen molar-refractivity contribution < 1.29 is 9.53 Å². The second kappa shape index (κ2) is 8.14. The maximum absolute atomic E-state index is 12.7. The molecule has 4 rings (SSSR count). The lowest BCUT2D eigenvalue weighted by Gasteiger charge is -2.15. The number of nitrogens with zero attached hydrogens (tertiary/aromatic N) is 3. The third-order valence-corrected chi connectivity index (χ3v) is 4.88. The zero-order chi connectivity index (χ0) is 20.2. The summed E-state index contributed by atoms with van der Waals surface area (Å²) >= 11 is 0. The van der Waals surface area contributed by atoms with Gasteiger partial charge in [0, 0.05) is 17.3 Å². The second-order valence-electron chi connectivity index (χ2n) is 6.74. The molecule has 146 valence electrons. The fourth-order valence-electron chi connectivity index (χ4n) is 3.32. The molecule has 0 saturated carbocycles. The van der Waals surface area contributed by atoms with Crippen molar-refractivity contribution in [1.82, 2.24) is 14.6 Å². The first kappa shape index (κ1) is 18.7. The summed E-state index contributed by atoms with van der Waals surface area (Å²) in [5.74, 6) is 0.356. The van der Waals surface area contributed by atoms with Gasteiger partial charge < -0.3 is 10.1 Å². The summed E-state index contributed by atoms with van der Waals surface area (Å²) in [5, 5.41) is 7.35. The number of anilines is 1. The lowest BCUT2D eigenvalue weighted by molar-refractivity contribution is -0.117. The summed E-state index contributed by atoms with van der Waals surface area (Å²) < 4.78 is 6.84. The van der Waals surface area contributed by atoms with E-state index in [4.69, 9.17) is 4.74 Å². The third kappa shape index (κ3) is 3.96. The minimum Gasteiger partial charge on any atom is -0.480 e. The van der Waals surface area contributed by atoms with Crippen LogP contribution in [-0.4, -0.2) is 27.6 Å². The van der Waals surface area contributed by atoms with Gasteiger partial charge in [-0.3, -0.25) is 4.79 Å². The molecule has 0 radical (unpaired) electrons. The average molecular weight is 386 g/mol. The monoisotopic (exact) mass is 386 g/mol. The molecule has 6 heteroatoms. The fraction of sp³-hybridized carbons (Fsp3) is 0.174. The quantitative estimate of drug-likeness (QED) is 0.528. The number of hydrogen-bond donors (Lipinski definition) is 1. The fourth-order valence-corrected chi connectivity index (χ4v) is 3.32. The Balaban J connectivity index is 1.51. The SMILES string of the molecule is CC[C@@H](C(=O)Nc1ccc(-c2cn3nc(OC)ccc3n2)cc1)c1ccccc1. The van der Waals surface area contributed by atoms with Crippen LogP contribution < -0.4 is 10.1 Å². The number of imidazole rings is 1. The van der Waals surface area contributed by atoms with Gasteiger partial charge in [-0.2, -0.15) is 0 Å². The Hall–Kier alpha value is -3.67. The van der Waals surface area contributed by atoms with Crippen LogP contribution in [0.15, 0.2) is 72.9 Å². The zero-order valence-corrected chi connectivity index (χ0v) is 16.4. The highest BCUT2D eigenvalue weighted by molar-refractivity contribution is 5.96. The molecule has 0 spiro atoms. The van der Waals surface area contributed by atoms with Crippen molar-refractivity contribution >= 4 is 17.2 Å². The Labute approximate surface area is 169 Å². The van der Waals surface area contributed by atoms with Gasteiger partial charge in [-0.15, -0.1) is 5.10 Å². The van der Waals surface area contributed by atoms with Crippen molar-refractivity contribution in [1.29, 1.82) is 0 Å². The molecule has 2 aromatic heterocycles. The molecule has 2 aromatic carbocycles. The number of hydrogen-bond acceptors (Lipinski definition) is 4. The Bertz CT molecular complexity index is 1120. The van der Waals surface area contributed by atoms with E-state index in [0.29, 0.717) is 5.88 Å². The maximum Gasteiger partial charge on any atom is 0.231 e. The van der Waals surface area contributed by atoms with Crippen molar-refractivity contribution in [2.75, 3.05) is 12.4 Å². The molecular formula is C23H22N4O2. The van der Waals surface area contributed by atoms with Crippen LogP contribution in [0.5, 0.6) is 5.88 Å². The number of methoxy groups -OCH3 is 1. The predicted molar refractivity (Wildman–Crippen MR) is 113 cm³/mol. The summed E-state index contributed by atoms with van der Waals surface area (Å²) in [6, 6.07) is 21.2. The number of ether oxygens (including phenoxy) is 1. The van der Waals surface area contributed by atoms with Crippen LogP contribution in [-0.2, 0) is 4.79 Å². The summed E-state index contributed by atoms with van der Waals surface area (Å²) in [6.45, 7) is 2.02. The predicted octanol–water partition coefficient (Wildman–Crippen LogP) is 4.54. The summed E-state index contributed by atoms with van der Waals surface area (Å²) in [5.41, 5.74) is 4.28. The van der Waals surface area contributed by atoms with Crippen LogP contribution in [0.1, 0.15) is 24.8 Å². The molecule has 1 amide bonds. The Morgan fingerprint density at radius 3 is 2.52 bits per heavy atom. The van der Waals surface area contributed by atoms with Gasteiger partial charge in [0.15, 0.2) is 5.65 Å². The van der Waals surface area contributed by atoms with Crippen molar-refractivity contribution in [2.45, 2.75) is 19.3 Å². The number of fused-ring (bicyclic) bond motifs is 1. The molecule has 0 saturated heterocycles. The van der Waals surface area contributed by atoms with Gasteiger partial charge in [-0.05, 0) is 30.2 Å².